The van der Waals surface area contributed by atoms with Crippen molar-refractivity contribution in [3.05, 3.63) is 92.1 Å². The number of hydrogen-bond acceptors (Lipinski definition) is 0. The molecular formula is C42H63Cl3Si4Ti. The average Bonchev–Trinajstić information content (AvgIpc) is 3.01. The maximum absolute atomic E-state index is 2.83. The summed E-state index contributed by atoms with van der Waals surface area (Å²) in [6.45, 7) is 46.8. The molecule has 0 bridgehead atoms. The molecule has 0 aromatic heterocycles. The van der Waals surface area contributed by atoms with Crippen molar-refractivity contribution in [1.29, 1.82) is 0 Å². The van der Waals surface area contributed by atoms with Gasteiger partial charge in [0.1, 0.15) is 0 Å². The monoisotopic (exact) mass is 832 g/mol. The minimum atomic E-state index is -2.83. The second-order valence-corrected chi connectivity index (χ2v) is 39.1. The Kier molecular flexibility index (Phi) is 15.0. The molecule has 1 aliphatic rings. The van der Waals surface area contributed by atoms with Gasteiger partial charge in [0, 0.05) is 0 Å². The maximum atomic E-state index is 2.68. The molecule has 3 aromatic rings. The molecule has 0 nitrogen and oxygen atoms in total. The average molecular weight is 835 g/mol. The Morgan fingerprint density at radius 1 is 0.380 bits per heavy atom. The van der Waals surface area contributed by atoms with Crippen molar-refractivity contribution in [3.63, 3.8) is 0 Å². The van der Waals surface area contributed by atoms with Crippen LogP contribution >= 0.6 is 0 Å². The van der Waals surface area contributed by atoms with Crippen molar-refractivity contribution >= 4 is 63.4 Å². The number of benzene rings is 3. The zero-order valence-electron chi connectivity index (χ0n) is 34.6. The van der Waals surface area contributed by atoms with Crippen LogP contribution in [-0.4, -0.2) is 32.3 Å². The van der Waals surface area contributed by atoms with E-state index in [4.69, 9.17) is 0 Å². The summed E-state index contributed by atoms with van der Waals surface area (Å²) in [5.41, 5.74) is 15.1. The van der Waals surface area contributed by atoms with Crippen LogP contribution in [0.25, 0.3) is 0 Å². The zero-order chi connectivity index (χ0) is 36.0. The maximum Gasteiger partial charge on any atom is -1.00 e. The topological polar surface area (TPSA) is 0 Å². The third-order valence-electron chi connectivity index (χ3n) is 11.5. The summed E-state index contributed by atoms with van der Waals surface area (Å²) in [6.07, 6.45) is 0. The summed E-state index contributed by atoms with van der Waals surface area (Å²) < 4.78 is -0.111. The van der Waals surface area contributed by atoms with Gasteiger partial charge in [0.15, 0.2) is 0 Å². The minimum absolute atomic E-state index is 0. The Morgan fingerprint density at radius 2 is 0.560 bits per heavy atom. The Morgan fingerprint density at radius 3 is 0.720 bits per heavy atom. The Balaban J connectivity index is 0.00000417. The fourth-order valence-electron chi connectivity index (χ4n) is 10.2. The predicted molar refractivity (Wildman–Crippen MR) is 221 cm³/mol. The van der Waals surface area contributed by atoms with Crippen molar-refractivity contribution in [2.75, 3.05) is 0 Å². The molecule has 3 aromatic carbocycles. The number of rotatable bonds is 7. The smallest absolute Gasteiger partial charge is 1.00 e. The molecule has 1 aliphatic carbocycles. The van der Waals surface area contributed by atoms with Gasteiger partial charge in [-0.2, -0.15) is 0 Å². The van der Waals surface area contributed by atoms with Crippen molar-refractivity contribution in [2.24, 2.45) is 0 Å². The van der Waals surface area contributed by atoms with Gasteiger partial charge in [-0.05, 0) is 0 Å². The van der Waals surface area contributed by atoms with Gasteiger partial charge in [-0.1, -0.05) is 0 Å². The largest absolute Gasteiger partial charge is 1.00 e. The van der Waals surface area contributed by atoms with Gasteiger partial charge in [-0.3, -0.25) is 0 Å². The molecule has 0 spiro atoms. The van der Waals surface area contributed by atoms with Crippen LogP contribution in [0.15, 0.2) is 58.7 Å². The molecule has 0 unspecified atom stereocenters. The molecule has 0 saturated heterocycles. The minimum Gasteiger partial charge on any atom is -1.00 e. The molecule has 0 amide bonds. The van der Waals surface area contributed by atoms with Crippen molar-refractivity contribution < 1.29 is 57.7 Å². The van der Waals surface area contributed by atoms with Crippen LogP contribution in [0, 0.1) is 41.5 Å². The van der Waals surface area contributed by atoms with E-state index in [1.54, 1.807) is 42.3 Å². The van der Waals surface area contributed by atoms with E-state index >= 15 is 0 Å². The second kappa shape index (κ2) is 15.8. The summed E-state index contributed by atoms with van der Waals surface area (Å²) in [7, 11) is -7.48. The predicted octanol–water partition coefficient (Wildman–Crippen LogP) is -0.414. The van der Waals surface area contributed by atoms with Crippen LogP contribution in [0.3, 0.4) is 0 Å². The molecule has 0 heterocycles. The standard InChI is InChI=1S/C42H63Si4.3ClH.Ti/c1-26-20-36(21-27(2)39(26)43(11,12)13)46(42-34(9)32(7)33(8)35(42)10,37-22-28(3)40(29(4)23-37)44(14,15)16)38-24-30(5)41(31(6)25-38)45(17,18)19;;;;/h20-25H,1-19H3;3*1H;/q;;;;+3/p-3. The van der Waals surface area contributed by atoms with E-state index in [2.05, 4.69) is 185 Å². The van der Waals surface area contributed by atoms with Crippen molar-refractivity contribution in [1.82, 2.24) is 0 Å². The van der Waals surface area contributed by atoms with Crippen molar-refractivity contribution in [2.45, 2.75) is 132 Å². The number of aryl methyl sites for hydroxylation is 6. The normalized spacial score (nSPS) is 15.1. The van der Waals surface area contributed by atoms with Crippen LogP contribution in [0.1, 0.15) is 61.1 Å². The van der Waals surface area contributed by atoms with Gasteiger partial charge < -0.3 is 37.2 Å². The fourth-order valence-corrected chi connectivity index (χ4v) is 26.7. The molecule has 50 heavy (non-hydrogen) atoms. The van der Waals surface area contributed by atoms with Gasteiger partial charge in [0.05, 0.1) is 0 Å². The van der Waals surface area contributed by atoms with Crippen LogP contribution in [-0.2, 0) is 20.4 Å². The summed E-state index contributed by atoms with van der Waals surface area (Å²) in [4.78, 5) is 0. The third kappa shape index (κ3) is 7.60. The molecule has 0 aliphatic heterocycles. The SMILES string of the molecule is CC1=C(C)[C]([Ti+3])([Si](c2cc(C)c([Si](C)(C)C)c(C)c2)(c2cc(C)c([Si](C)(C)C)c(C)c2)c2cc(C)c([Si](C)(C)C)c(C)c2)C(C)=C1C.[Cl-].[Cl-].[Cl-]. The molecule has 0 saturated carbocycles. The summed E-state index contributed by atoms with van der Waals surface area (Å²) in [6, 6.07) is 16.1. The fraction of sp³-hybridized carbons (Fsp3) is 0.476. The summed E-state index contributed by atoms with van der Waals surface area (Å²) in [5, 5.41) is 9.65. The van der Waals surface area contributed by atoms with Gasteiger partial charge in [-0.15, -0.1) is 0 Å². The second-order valence-electron chi connectivity index (χ2n) is 18.2. The van der Waals surface area contributed by atoms with Gasteiger partial charge in [0.25, 0.3) is 0 Å². The first-order valence-corrected chi connectivity index (χ1v) is 31.0. The number of allylic oxidation sites excluding steroid dienone is 4. The molecule has 272 valence electrons. The molecule has 0 fully saturated rings. The van der Waals surface area contributed by atoms with E-state index in [0.29, 0.717) is 0 Å². The van der Waals surface area contributed by atoms with Crippen molar-refractivity contribution in [3.8, 4) is 0 Å². The first-order valence-electron chi connectivity index (χ1n) is 17.7. The van der Waals surface area contributed by atoms with Gasteiger partial charge in [-0.25, -0.2) is 0 Å². The first-order chi connectivity index (χ1) is 21.2. The van der Waals surface area contributed by atoms with E-state index in [9.17, 15) is 0 Å². The molecular weight excluding hydrogens is 771 g/mol. The Bertz CT molecular complexity index is 1590. The molecule has 0 N–H and O–H groups in total. The molecule has 4 rings (SSSR count). The van der Waals surface area contributed by atoms with E-state index in [-0.39, 0.29) is 40.6 Å². The van der Waals surface area contributed by atoms with Gasteiger partial charge in [0.2, 0.25) is 0 Å². The van der Waals surface area contributed by atoms with Crippen LogP contribution in [0.4, 0.5) is 0 Å². The first kappa shape index (κ1) is 47.6. The summed E-state index contributed by atoms with van der Waals surface area (Å²) in [5.74, 6) is 0. The molecule has 0 atom stereocenters. The molecule has 8 heteroatoms. The van der Waals surface area contributed by atoms with Crippen LogP contribution < -0.4 is 68.3 Å². The van der Waals surface area contributed by atoms with E-state index in [1.807, 2.05) is 0 Å². The van der Waals surface area contributed by atoms with E-state index in [0.717, 1.165) is 0 Å². The Hall–Kier alpha value is -0.408. The van der Waals surface area contributed by atoms with E-state index < -0.39 is 32.3 Å². The molecule has 0 radical (unpaired) electrons. The number of hydrogen-bond donors (Lipinski definition) is 0. The van der Waals surface area contributed by atoms with E-state index in [1.165, 1.54) is 44.5 Å². The van der Waals surface area contributed by atoms with Crippen LogP contribution in [0.5, 0.6) is 0 Å². The third-order valence-corrected chi connectivity index (χ3v) is 26.7. The Labute approximate surface area is 341 Å². The summed E-state index contributed by atoms with van der Waals surface area (Å²) >= 11 is 2.65. The zero-order valence-corrected chi connectivity index (χ0v) is 42.4. The van der Waals surface area contributed by atoms with Crippen LogP contribution in [0.2, 0.25) is 62.3 Å². The quantitative estimate of drug-likeness (QED) is 0.225. The number of halogens is 3. The van der Waals surface area contributed by atoms with Gasteiger partial charge >= 0.3 is 307 Å².